The van der Waals surface area contributed by atoms with Crippen molar-refractivity contribution in [3.05, 3.63) is 0 Å². The molecule has 4 atom stereocenters. The Kier molecular flexibility index (Phi) is 3.39. The minimum atomic E-state index is -0.713. The molecule has 1 N–H and O–H groups in total. The lowest BCUT2D eigenvalue weighted by Gasteiger charge is -2.45. The second-order valence-electron chi connectivity index (χ2n) is 6.14. The van der Waals surface area contributed by atoms with Gasteiger partial charge in [0.25, 0.3) is 0 Å². The average molecular weight is 252 g/mol. The van der Waals surface area contributed by atoms with Gasteiger partial charge in [-0.2, -0.15) is 0 Å². The number of rotatable bonds is 2. The molecule has 1 heterocycles. The lowest BCUT2D eigenvalue weighted by atomic mass is 9.90. The Hall–Kier alpha value is -1.06. The van der Waals surface area contributed by atoms with Crippen LogP contribution in [0.2, 0.25) is 0 Å². The number of nitrogens with one attached hydrogen (secondary N) is 1. The summed E-state index contributed by atoms with van der Waals surface area (Å²) in [5.74, 6) is 0.738. The van der Waals surface area contributed by atoms with Crippen LogP contribution in [0.1, 0.15) is 53.4 Å². The maximum atomic E-state index is 12.6. The first-order chi connectivity index (χ1) is 8.39. The highest BCUT2D eigenvalue weighted by Crippen LogP contribution is 2.33. The van der Waals surface area contributed by atoms with Crippen LogP contribution in [-0.4, -0.2) is 34.3 Å². The molecule has 1 aliphatic carbocycles. The van der Waals surface area contributed by atoms with E-state index in [1.807, 2.05) is 25.7 Å². The molecule has 102 valence electrons. The van der Waals surface area contributed by atoms with Gasteiger partial charge in [-0.05, 0) is 45.4 Å². The fourth-order valence-corrected chi connectivity index (χ4v) is 3.17. The Morgan fingerprint density at radius 1 is 1.33 bits per heavy atom. The lowest BCUT2D eigenvalue weighted by molar-refractivity contribution is -0.156. The van der Waals surface area contributed by atoms with Gasteiger partial charge in [0.2, 0.25) is 11.8 Å². The molecule has 1 saturated carbocycles. The standard InChI is InChI=1S/C14H24N2O2/c1-5-14(4)13(18)16(10(3)12(17)15-14)11-7-6-9(2)8-11/h9-11H,5-8H2,1-4H3,(H,15,17). The topological polar surface area (TPSA) is 49.4 Å². The summed E-state index contributed by atoms with van der Waals surface area (Å²) >= 11 is 0. The normalized spacial score (nSPS) is 41.1. The van der Waals surface area contributed by atoms with Crippen molar-refractivity contribution >= 4 is 11.8 Å². The molecule has 2 aliphatic rings. The van der Waals surface area contributed by atoms with E-state index in [2.05, 4.69) is 12.2 Å². The van der Waals surface area contributed by atoms with Gasteiger partial charge in [-0.3, -0.25) is 9.59 Å². The molecule has 4 unspecified atom stereocenters. The molecule has 0 aromatic rings. The minimum absolute atomic E-state index is 0.0153. The number of carbonyl (C=O) groups excluding carboxylic acids is 2. The van der Waals surface area contributed by atoms with Crippen LogP contribution in [0.4, 0.5) is 0 Å². The van der Waals surface area contributed by atoms with Gasteiger partial charge in [0.1, 0.15) is 11.6 Å². The van der Waals surface area contributed by atoms with Crippen LogP contribution >= 0.6 is 0 Å². The minimum Gasteiger partial charge on any atom is -0.340 e. The van der Waals surface area contributed by atoms with Crippen LogP contribution < -0.4 is 5.32 Å². The van der Waals surface area contributed by atoms with Crippen molar-refractivity contribution < 1.29 is 9.59 Å². The van der Waals surface area contributed by atoms with Crippen molar-refractivity contribution in [1.82, 2.24) is 10.2 Å². The first kappa shape index (κ1) is 13.4. The van der Waals surface area contributed by atoms with Gasteiger partial charge in [-0.25, -0.2) is 0 Å². The van der Waals surface area contributed by atoms with Crippen LogP contribution in [0.3, 0.4) is 0 Å². The second kappa shape index (κ2) is 4.56. The van der Waals surface area contributed by atoms with Gasteiger partial charge in [0, 0.05) is 6.04 Å². The van der Waals surface area contributed by atoms with Crippen LogP contribution in [0.25, 0.3) is 0 Å². The summed E-state index contributed by atoms with van der Waals surface area (Å²) < 4.78 is 0. The van der Waals surface area contributed by atoms with Crippen LogP contribution in [0, 0.1) is 5.92 Å². The fraction of sp³-hybridized carbons (Fsp3) is 0.857. The van der Waals surface area contributed by atoms with Crippen molar-refractivity contribution in [3.8, 4) is 0 Å². The van der Waals surface area contributed by atoms with Gasteiger partial charge in [0.05, 0.1) is 0 Å². The van der Waals surface area contributed by atoms with E-state index in [1.165, 1.54) is 0 Å². The molecule has 0 bridgehead atoms. The molecule has 2 amide bonds. The highest BCUT2D eigenvalue weighted by molar-refractivity contribution is 5.99. The zero-order chi connectivity index (χ0) is 13.5. The Labute approximate surface area is 109 Å². The summed E-state index contributed by atoms with van der Waals surface area (Å²) in [6, 6.07) is -0.0770. The molecule has 18 heavy (non-hydrogen) atoms. The van der Waals surface area contributed by atoms with Gasteiger partial charge in [0.15, 0.2) is 0 Å². The molecule has 4 heteroatoms. The third-order valence-corrected chi connectivity index (χ3v) is 4.67. The van der Waals surface area contributed by atoms with Gasteiger partial charge >= 0.3 is 0 Å². The van der Waals surface area contributed by atoms with Gasteiger partial charge in [-0.1, -0.05) is 13.8 Å². The Morgan fingerprint density at radius 2 is 2.00 bits per heavy atom. The second-order valence-corrected chi connectivity index (χ2v) is 6.14. The number of amides is 2. The van der Waals surface area contributed by atoms with Crippen LogP contribution in [-0.2, 0) is 9.59 Å². The van der Waals surface area contributed by atoms with Crippen molar-refractivity contribution in [1.29, 1.82) is 0 Å². The predicted octanol–water partition coefficient (Wildman–Crippen LogP) is 1.69. The molecule has 4 nitrogen and oxygen atoms in total. The van der Waals surface area contributed by atoms with E-state index < -0.39 is 5.54 Å². The molecule has 1 aliphatic heterocycles. The van der Waals surface area contributed by atoms with E-state index >= 15 is 0 Å². The quantitative estimate of drug-likeness (QED) is 0.813. The Morgan fingerprint density at radius 3 is 2.50 bits per heavy atom. The first-order valence-electron chi connectivity index (χ1n) is 7.04. The third-order valence-electron chi connectivity index (χ3n) is 4.67. The van der Waals surface area contributed by atoms with Crippen LogP contribution in [0.5, 0.6) is 0 Å². The molecule has 0 radical (unpaired) electrons. The summed E-state index contributed by atoms with van der Waals surface area (Å²) in [7, 11) is 0. The number of piperazine rings is 1. The van der Waals surface area contributed by atoms with Crippen molar-refractivity contribution in [2.75, 3.05) is 0 Å². The zero-order valence-corrected chi connectivity index (χ0v) is 11.8. The van der Waals surface area contributed by atoms with Gasteiger partial charge in [-0.15, -0.1) is 0 Å². The summed E-state index contributed by atoms with van der Waals surface area (Å²) in [5.41, 5.74) is -0.713. The van der Waals surface area contributed by atoms with Crippen LogP contribution in [0.15, 0.2) is 0 Å². The third kappa shape index (κ3) is 2.02. The maximum absolute atomic E-state index is 12.6. The van der Waals surface area contributed by atoms with E-state index in [-0.39, 0.29) is 23.9 Å². The highest BCUT2D eigenvalue weighted by Gasteiger charge is 2.48. The van der Waals surface area contributed by atoms with Crippen molar-refractivity contribution in [2.45, 2.75) is 71.0 Å². The number of hydrogen-bond donors (Lipinski definition) is 1. The summed E-state index contributed by atoms with van der Waals surface area (Å²) in [4.78, 5) is 26.5. The van der Waals surface area contributed by atoms with Crippen molar-refractivity contribution in [2.24, 2.45) is 5.92 Å². The Bertz CT molecular complexity index is 369. The molecule has 0 aromatic carbocycles. The highest BCUT2D eigenvalue weighted by atomic mass is 16.2. The lowest BCUT2D eigenvalue weighted by Crippen LogP contribution is -2.69. The van der Waals surface area contributed by atoms with E-state index in [0.717, 1.165) is 19.3 Å². The number of hydrogen-bond acceptors (Lipinski definition) is 2. The molecule has 1 saturated heterocycles. The number of nitrogens with zero attached hydrogens (tertiary/aromatic N) is 1. The van der Waals surface area contributed by atoms with Crippen molar-refractivity contribution in [3.63, 3.8) is 0 Å². The monoisotopic (exact) mass is 252 g/mol. The van der Waals surface area contributed by atoms with E-state index in [4.69, 9.17) is 0 Å². The zero-order valence-electron chi connectivity index (χ0n) is 11.8. The molecule has 0 aromatic heterocycles. The summed E-state index contributed by atoms with van der Waals surface area (Å²) in [6.45, 7) is 7.84. The predicted molar refractivity (Wildman–Crippen MR) is 69.9 cm³/mol. The van der Waals surface area contributed by atoms with E-state index in [0.29, 0.717) is 12.3 Å². The van der Waals surface area contributed by atoms with E-state index in [9.17, 15) is 9.59 Å². The largest absolute Gasteiger partial charge is 0.340 e. The SMILES string of the molecule is CCC1(C)NC(=O)C(C)N(C2CCC(C)C2)C1=O. The number of carbonyl (C=O) groups is 2. The smallest absolute Gasteiger partial charge is 0.248 e. The molecular weight excluding hydrogens is 228 g/mol. The molecule has 2 fully saturated rings. The molecular formula is C14H24N2O2. The summed E-state index contributed by atoms with van der Waals surface area (Å²) in [6.07, 6.45) is 3.86. The Balaban J connectivity index is 2.25. The van der Waals surface area contributed by atoms with E-state index in [1.54, 1.807) is 0 Å². The average Bonchev–Trinajstić information content (AvgIpc) is 2.74. The first-order valence-corrected chi connectivity index (χ1v) is 7.04. The molecule has 2 rings (SSSR count). The summed E-state index contributed by atoms with van der Waals surface area (Å²) in [5, 5.41) is 2.88. The fourth-order valence-electron chi connectivity index (χ4n) is 3.17. The maximum Gasteiger partial charge on any atom is 0.248 e. The molecule has 0 spiro atoms. The van der Waals surface area contributed by atoms with Gasteiger partial charge < -0.3 is 10.2 Å².